The minimum atomic E-state index is -0.311. The summed E-state index contributed by atoms with van der Waals surface area (Å²) in [5.41, 5.74) is 4.47. The molecule has 2 aromatic rings. The molecule has 1 aliphatic heterocycles. The molecule has 0 spiro atoms. The second-order valence-electron chi connectivity index (χ2n) is 6.53. The van der Waals surface area contributed by atoms with E-state index in [4.69, 9.17) is 4.74 Å². The Balaban J connectivity index is 0.00000182. The summed E-state index contributed by atoms with van der Waals surface area (Å²) < 4.78 is 5.95. The Morgan fingerprint density at radius 2 is 1.52 bits per heavy atom. The fourth-order valence-electron chi connectivity index (χ4n) is 3.76. The number of ether oxygens (including phenoxy) is 1. The zero-order valence-corrected chi connectivity index (χ0v) is 15.1. The monoisotopic (exact) mass is 358 g/mol. The zero-order valence-electron chi connectivity index (χ0n) is 14.3. The van der Waals surface area contributed by atoms with E-state index < -0.39 is 0 Å². The Labute approximate surface area is 154 Å². The molecule has 1 heterocycles. The molecule has 1 fully saturated rings. The van der Waals surface area contributed by atoms with Gasteiger partial charge in [0.05, 0.1) is 0 Å². The van der Waals surface area contributed by atoms with Crippen LogP contribution < -0.4 is 5.32 Å². The van der Waals surface area contributed by atoms with Gasteiger partial charge in [-0.25, -0.2) is 4.79 Å². The summed E-state index contributed by atoms with van der Waals surface area (Å²) in [4.78, 5) is 14.5. The zero-order chi connectivity index (χ0) is 16.5. The van der Waals surface area contributed by atoms with Crippen LogP contribution in [0.25, 0.3) is 11.1 Å². The average Bonchev–Trinajstić information content (AvgIpc) is 2.96. The van der Waals surface area contributed by atoms with Gasteiger partial charge in [-0.2, -0.15) is 0 Å². The lowest BCUT2D eigenvalue weighted by atomic mass is 10.1. The molecule has 132 valence electrons. The van der Waals surface area contributed by atoms with Gasteiger partial charge in [0.2, 0.25) is 0 Å². The van der Waals surface area contributed by atoms with Crippen molar-refractivity contribution in [3.8, 4) is 11.1 Å². The molecule has 5 heteroatoms. The van der Waals surface area contributed by atoms with E-state index in [1.807, 2.05) is 31.3 Å². The van der Waals surface area contributed by atoms with Crippen LogP contribution in [0.5, 0.6) is 0 Å². The highest BCUT2D eigenvalue weighted by atomic mass is 35.5. The van der Waals surface area contributed by atoms with Gasteiger partial charge in [-0.05, 0) is 37.1 Å². The van der Waals surface area contributed by atoms with Crippen LogP contribution in [0.2, 0.25) is 0 Å². The molecule has 1 aliphatic carbocycles. The Morgan fingerprint density at radius 3 is 2.08 bits per heavy atom. The molecular weight excluding hydrogens is 336 g/mol. The molecular formula is C20H23ClN2O2. The average molecular weight is 359 g/mol. The van der Waals surface area contributed by atoms with Crippen LogP contribution in [0, 0.1) is 0 Å². The summed E-state index contributed by atoms with van der Waals surface area (Å²) in [7, 11) is 1.85. The van der Waals surface area contributed by atoms with Gasteiger partial charge in [0, 0.05) is 24.2 Å². The predicted molar refractivity (Wildman–Crippen MR) is 101 cm³/mol. The van der Waals surface area contributed by atoms with Crippen molar-refractivity contribution in [1.29, 1.82) is 0 Å². The molecule has 2 aliphatic rings. The number of piperidine rings is 1. The van der Waals surface area contributed by atoms with Crippen LogP contribution in [-0.4, -0.2) is 37.2 Å². The summed E-state index contributed by atoms with van der Waals surface area (Å²) in [6, 6.07) is 16.6. The first-order valence-corrected chi connectivity index (χ1v) is 8.58. The van der Waals surface area contributed by atoms with E-state index in [0.29, 0.717) is 0 Å². The Morgan fingerprint density at radius 1 is 1.00 bits per heavy atom. The van der Waals surface area contributed by atoms with Gasteiger partial charge in [0.15, 0.2) is 6.10 Å². The number of hydrogen-bond acceptors (Lipinski definition) is 3. The Hall–Kier alpha value is -2.04. The molecule has 4 rings (SSSR count). The van der Waals surface area contributed by atoms with Gasteiger partial charge >= 0.3 is 6.09 Å². The van der Waals surface area contributed by atoms with Gasteiger partial charge < -0.3 is 15.0 Å². The molecule has 0 radical (unpaired) electrons. The van der Waals surface area contributed by atoms with Gasteiger partial charge in [0.25, 0.3) is 0 Å². The summed E-state index contributed by atoms with van der Waals surface area (Å²) >= 11 is 0. The summed E-state index contributed by atoms with van der Waals surface area (Å²) in [5, 5.41) is 3.33. The highest BCUT2D eigenvalue weighted by Gasteiger charge is 2.33. The first-order chi connectivity index (χ1) is 11.8. The van der Waals surface area contributed by atoms with Gasteiger partial charge in [-0.1, -0.05) is 48.5 Å². The normalized spacial score (nSPS) is 16.5. The Kier molecular flexibility index (Phi) is 5.30. The fraction of sp³-hybridized carbons (Fsp3) is 0.350. The third kappa shape index (κ3) is 3.24. The second kappa shape index (κ2) is 7.46. The number of carbonyl (C=O) groups is 1. The topological polar surface area (TPSA) is 41.6 Å². The van der Waals surface area contributed by atoms with E-state index in [9.17, 15) is 4.79 Å². The standard InChI is InChI=1S/C20H22N2O2.ClH/c1-22(14-10-12-21-13-11-14)20(23)24-19-17-8-4-2-6-15(17)16-7-3-5-9-18(16)19;/h2-9,14,19,21H,10-13H2,1H3;1H. The third-order valence-corrected chi connectivity index (χ3v) is 5.14. The number of benzene rings is 2. The molecule has 2 aromatic carbocycles. The number of fused-ring (bicyclic) bond motifs is 3. The fourth-order valence-corrected chi connectivity index (χ4v) is 3.76. The van der Waals surface area contributed by atoms with E-state index in [-0.39, 0.29) is 30.6 Å². The molecule has 0 saturated carbocycles. The quantitative estimate of drug-likeness (QED) is 0.882. The van der Waals surface area contributed by atoms with Crippen molar-refractivity contribution in [3.63, 3.8) is 0 Å². The largest absolute Gasteiger partial charge is 0.436 e. The molecule has 0 atom stereocenters. The summed E-state index contributed by atoms with van der Waals surface area (Å²) in [6.07, 6.45) is 1.40. The van der Waals surface area contributed by atoms with Crippen molar-refractivity contribution >= 4 is 18.5 Å². The van der Waals surface area contributed by atoms with E-state index in [2.05, 4.69) is 29.6 Å². The van der Waals surface area contributed by atoms with Crippen molar-refractivity contribution in [1.82, 2.24) is 10.2 Å². The van der Waals surface area contributed by atoms with Crippen molar-refractivity contribution in [2.45, 2.75) is 25.0 Å². The molecule has 0 bridgehead atoms. The number of nitrogens with one attached hydrogen (secondary N) is 1. The van der Waals surface area contributed by atoms with Crippen molar-refractivity contribution in [2.75, 3.05) is 20.1 Å². The molecule has 25 heavy (non-hydrogen) atoms. The number of halogens is 1. The van der Waals surface area contributed by atoms with Gasteiger partial charge in [-0.15, -0.1) is 12.4 Å². The lowest BCUT2D eigenvalue weighted by Crippen LogP contribution is -2.44. The first kappa shape index (κ1) is 17.8. The van der Waals surface area contributed by atoms with E-state index in [1.54, 1.807) is 4.90 Å². The number of rotatable bonds is 2. The third-order valence-electron chi connectivity index (χ3n) is 5.14. The predicted octanol–water partition coefficient (Wildman–Crippen LogP) is 4.00. The van der Waals surface area contributed by atoms with Gasteiger partial charge in [0.1, 0.15) is 0 Å². The number of carbonyl (C=O) groups excluding carboxylic acids is 1. The summed E-state index contributed by atoms with van der Waals surface area (Å²) in [5.74, 6) is 0. The maximum absolute atomic E-state index is 12.7. The maximum atomic E-state index is 12.7. The molecule has 0 aromatic heterocycles. The highest BCUT2D eigenvalue weighted by Crippen LogP contribution is 2.45. The Bertz CT molecular complexity index is 713. The van der Waals surface area contributed by atoms with Crippen LogP contribution in [0.1, 0.15) is 30.1 Å². The minimum Gasteiger partial charge on any atom is -0.436 e. The smallest absolute Gasteiger partial charge is 0.410 e. The number of nitrogens with zero attached hydrogens (tertiary/aromatic N) is 1. The van der Waals surface area contributed by atoms with Gasteiger partial charge in [-0.3, -0.25) is 0 Å². The second-order valence-corrected chi connectivity index (χ2v) is 6.53. The maximum Gasteiger partial charge on any atom is 0.410 e. The van der Waals surface area contributed by atoms with Crippen molar-refractivity contribution in [3.05, 3.63) is 59.7 Å². The first-order valence-electron chi connectivity index (χ1n) is 8.58. The lowest BCUT2D eigenvalue weighted by molar-refractivity contribution is 0.0692. The van der Waals surface area contributed by atoms with Crippen LogP contribution in [0.15, 0.2) is 48.5 Å². The van der Waals surface area contributed by atoms with Crippen LogP contribution in [0.4, 0.5) is 4.79 Å². The van der Waals surface area contributed by atoms with E-state index >= 15 is 0 Å². The molecule has 0 unspecified atom stereocenters. The molecule has 1 amide bonds. The lowest BCUT2D eigenvalue weighted by Gasteiger charge is -2.31. The van der Waals surface area contributed by atoms with Crippen molar-refractivity contribution < 1.29 is 9.53 Å². The van der Waals surface area contributed by atoms with E-state index in [1.165, 1.54) is 0 Å². The van der Waals surface area contributed by atoms with E-state index in [0.717, 1.165) is 48.2 Å². The number of amides is 1. The molecule has 1 N–H and O–H groups in total. The van der Waals surface area contributed by atoms with Crippen LogP contribution in [-0.2, 0) is 4.74 Å². The SMILES string of the molecule is CN(C(=O)OC1c2ccccc2-c2ccccc21)C1CCNCC1.Cl. The molecule has 4 nitrogen and oxygen atoms in total. The minimum absolute atomic E-state index is 0. The highest BCUT2D eigenvalue weighted by molar-refractivity contribution is 5.85. The summed E-state index contributed by atoms with van der Waals surface area (Å²) in [6.45, 7) is 1.91. The van der Waals surface area contributed by atoms with Crippen LogP contribution >= 0.6 is 12.4 Å². The van der Waals surface area contributed by atoms with Crippen LogP contribution in [0.3, 0.4) is 0 Å². The number of hydrogen-bond donors (Lipinski definition) is 1. The molecule has 1 saturated heterocycles. The van der Waals surface area contributed by atoms with Crippen molar-refractivity contribution in [2.24, 2.45) is 0 Å².